The van der Waals surface area contributed by atoms with Crippen LogP contribution in [0.15, 0.2) is 24.3 Å². The van der Waals surface area contributed by atoms with Crippen molar-refractivity contribution in [3.63, 3.8) is 0 Å². The molecule has 0 spiro atoms. The number of benzene rings is 1. The number of nitrogens with one attached hydrogen (secondary N) is 2. The Morgan fingerprint density at radius 2 is 1.82 bits per heavy atom. The van der Waals surface area contributed by atoms with Crippen molar-refractivity contribution in [3.05, 3.63) is 35.4 Å². The van der Waals surface area contributed by atoms with Crippen molar-refractivity contribution < 1.29 is 9.59 Å². The highest BCUT2D eigenvalue weighted by molar-refractivity contribution is 5.85. The van der Waals surface area contributed by atoms with Gasteiger partial charge in [-0.15, -0.1) is 0 Å². The third-order valence-electron chi connectivity index (χ3n) is 3.72. The molecule has 1 saturated heterocycles. The van der Waals surface area contributed by atoms with E-state index < -0.39 is 0 Å². The van der Waals surface area contributed by atoms with E-state index in [0.29, 0.717) is 6.54 Å². The number of hydrogen-bond donors (Lipinski definition) is 3. The van der Waals surface area contributed by atoms with Gasteiger partial charge in [-0.25, -0.2) is 0 Å². The molecule has 0 bridgehead atoms. The smallest absolute Gasteiger partial charge is 0.239 e. The van der Waals surface area contributed by atoms with E-state index in [9.17, 15) is 9.59 Å². The first-order chi connectivity index (χ1) is 10.7. The Morgan fingerprint density at radius 3 is 2.55 bits per heavy atom. The molecule has 22 heavy (non-hydrogen) atoms. The molecule has 1 aliphatic rings. The number of nitrogens with two attached hydrogens (primary N) is 1. The third kappa shape index (κ3) is 5.46. The maximum Gasteiger partial charge on any atom is 0.239 e. The summed E-state index contributed by atoms with van der Waals surface area (Å²) < 4.78 is 0. The Hall–Kier alpha value is -1.92. The maximum atomic E-state index is 11.6. The summed E-state index contributed by atoms with van der Waals surface area (Å²) >= 11 is 0. The van der Waals surface area contributed by atoms with Crippen LogP contribution < -0.4 is 16.4 Å². The number of carbonyl (C=O) groups excluding carboxylic acids is 2. The molecule has 1 aliphatic heterocycles. The highest BCUT2D eigenvalue weighted by Crippen LogP contribution is 2.13. The molecule has 0 radical (unpaired) electrons. The summed E-state index contributed by atoms with van der Waals surface area (Å²) in [6, 6.07) is 8.25. The summed E-state index contributed by atoms with van der Waals surface area (Å²) in [7, 11) is 0. The molecule has 2 rings (SSSR count). The van der Waals surface area contributed by atoms with Crippen molar-refractivity contribution in [2.24, 2.45) is 5.73 Å². The first-order valence-electron chi connectivity index (χ1n) is 7.71. The lowest BCUT2D eigenvalue weighted by molar-refractivity contribution is -0.125. The predicted molar refractivity (Wildman–Crippen MR) is 84.9 cm³/mol. The van der Waals surface area contributed by atoms with Gasteiger partial charge < -0.3 is 16.4 Å². The van der Waals surface area contributed by atoms with Crippen LogP contribution in [0.3, 0.4) is 0 Å². The minimum atomic E-state index is -0.331. The van der Waals surface area contributed by atoms with Crippen LogP contribution in [0.4, 0.5) is 0 Å². The number of amides is 2. The van der Waals surface area contributed by atoms with E-state index in [-0.39, 0.29) is 24.9 Å². The van der Waals surface area contributed by atoms with Crippen molar-refractivity contribution in [3.8, 4) is 0 Å². The molecule has 0 atom stereocenters. The normalized spacial score (nSPS) is 14.8. The summed E-state index contributed by atoms with van der Waals surface area (Å²) in [5.41, 5.74) is 7.49. The van der Waals surface area contributed by atoms with Crippen LogP contribution in [0, 0.1) is 0 Å². The zero-order valence-electron chi connectivity index (χ0n) is 12.8. The Bertz CT molecular complexity index is 513. The lowest BCUT2D eigenvalue weighted by Gasteiger charge is -2.15. The maximum absolute atomic E-state index is 11.6. The van der Waals surface area contributed by atoms with E-state index in [4.69, 9.17) is 5.73 Å². The molecule has 120 valence electrons. The minimum absolute atomic E-state index is 0.0382. The van der Waals surface area contributed by atoms with Gasteiger partial charge in [-0.3, -0.25) is 14.5 Å². The Balaban J connectivity index is 1.77. The second kappa shape index (κ2) is 8.51. The molecule has 0 saturated carbocycles. The molecule has 0 aliphatic carbocycles. The van der Waals surface area contributed by atoms with Crippen LogP contribution in [-0.4, -0.2) is 42.9 Å². The van der Waals surface area contributed by atoms with Crippen LogP contribution in [0.5, 0.6) is 0 Å². The summed E-state index contributed by atoms with van der Waals surface area (Å²) in [4.78, 5) is 25.0. The van der Waals surface area contributed by atoms with Gasteiger partial charge in [0.1, 0.15) is 0 Å². The minimum Gasteiger partial charge on any atom is -0.350 e. The van der Waals surface area contributed by atoms with Gasteiger partial charge in [-0.2, -0.15) is 0 Å². The van der Waals surface area contributed by atoms with Gasteiger partial charge in [-0.1, -0.05) is 24.3 Å². The standard InChI is InChI=1S/C16H24N4O2/c17-9-15(21)19-11-16(22)18-10-13-4-3-5-14(8-13)12-20-6-1-2-7-20/h3-5,8H,1-2,6-7,9-12,17H2,(H,18,22)(H,19,21). The largest absolute Gasteiger partial charge is 0.350 e. The molecule has 2 amide bonds. The topological polar surface area (TPSA) is 87.5 Å². The van der Waals surface area contributed by atoms with Gasteiger partial charge in [0.05, 0.1) is 13.1 Å². The lowest BCUT2D eigenvalue weighted by atomic mass is 10.1. The Labute approximate surface area is 131 Å². The van der Waals surface area contributed by atoms with Crippen molar-refractivity contribution in [2.75, 3.05) is 26.2 Å². The van der Waals surface area contributed by atoms with E-state index in [1.807, 2.05) is 12.1 Å². The van der Waals surface area contributed by atoms with Gasteiger partial charge in [0.15, 0.2) is 0 Å². The fraction of sp³-hybridized carbons (Fsp3) is 0.500. The molecular formula is C16H24N4O2. The SMILES string of the molecule is NCC(=O)NCC(=O)NCc1cccc(CN2CCCC2)c1. The average molecular weight is 304 g/mol. The molecule has 6 nitrogen and oxygen atoms in total. The Morgan fingerprint density at radius 1 is 1.09 bits per heavy atom. The predicted octanol–water partition coefficient (Wildman–Crippen LogP) is -0.0265. The average Bonchev–Trinajstić information content (AvgIpc) is 3.04. The van der Waals surface area contributed by atoms with Crippen LogP contribution in [0.25, 0.3) is 0 Å². The zero-order chi connectivity index (χ0) is 15.8. The summed E-state index contributed by atoms with van der Waals surface area (Å²) in [6.07, 6.45) is 2.56. The highest BCUT2D eigenvalue weighted by atomic mass is 16.2. The van der Waals surface area contributed by atoms with Crippen molar-refractivity contribution in [1.82, 2.24) is 15.5 Å². The fourth-order valence-electron chi connectivity index (χ4n) is 2.55. The van der Waals surface area contributed by atoms with Gasteiger partial charge in [0.2, 0.25) is 11.8 Å². The fourth-order valence-corrected chi connectivity index (χ4v) is 2.55. The van der Waals surface area contributed by atoms with Crippen molar-refractivity contribution in [2.45, 2.75) is 25.9 Å². The summed E-state index contributed by atoms with van der Waals surface area (Å²) in [5.74, 6) is -0.547. The molecular weight excluding hydrogens is 280 g/mol. The molecule has 6 heteroatoms. The number of carbonyl (C=O) groups is 2. The van der Waals surface area contributed by atoms with Crippen LogP contribution in [0.1, 0.15) is 24.0 Å². The lowest BCUT2D eigenvalue weighted by Crippen LogP contribution is -2.39. The zero-order valence-corrected chi connectivity index (χ0v) is 12.8. The van der Waals surface area contributed by atoms with Gasteiger partial charge in [-0.05, 0) is 37.1 Å². The molecule has 0 aromatic heterocycles. The van der Waals surface area contributed by atoms with Crippen LogP contribution >= 0.6 is 0 Å². The molecule has 1 fully saturated rings. The van der Waals surface area contributed by atoms with E-state index in [1.54, 1.807) is 0 Å². The second-order valence-corrected chi connectivity index (χ2v) is 5.56. The van der Waals surface area contributed by atoms with E-state index in [2.05, 4.69) is 27.7 Å². The molecule has 1 aromatic carbocycles. The molecule has 1 aromatic rings. The molecule has 1 heterocycles. The first-order valence-corrected chi connectivity index (χ1v) is 7.71. The van der Waals surface area contributed by atoms with E-state index >= 15 is 0 Å². The number of rotatable bonds is 7. The van der Waals surface area contributed by atoms with Crippen LogP contribution in [-0.2, 0) is 22.7 Å². The van der Waals surface area contributed by atoms with Gasteiger partial charge in [0.25, 0.3) is 0 Å². The molecule has 4 N–H and O–H groups in total. The van der Waals surface area contributed by atoms with E-state index in [1.165, 1.54) is 31.5 Å². The molecule has 0 unspecified atom stereocenters. The van der Waals surface area contributed by atoms with E-state index in [0.717, 1.165) is 12.1 Å². The quantitative estimate of drug-likeness (QED) is 0.660. The number of likely N-dealkylation sites (tertiary alicyclic amines) is 1. The number of nitrogens with zero attached hydrogens (tertiary/aromatic N) is 1. The second-order valence-electron chi connectivity index (χ2n) is 5.56. The third-order valence-corrected chi connectivity index (χ3v) is 3.72. The van der Waals surface area contributed by atoms with Crippen LogP contribution in [0.2, 0.25) is 0 Å². The highest BCUT2D eigenvalue weighted by Gasteiger charge is 2.11. The summed E-state index contributed by atoms with van der Waals surface area (Å²) in [5, 5.41) is 5.24. The first kappa shape index (κ1) is 16.5. The van der Waals surface area contributed by atoms with Gasteiger partial charge in [0, 0.05) is 13.1 Å². The van der Waals surface area contributed by atoms with Crippen molar-refractivity contribution in [1.29, 1.82) is 0 Å². The van der Waals surface area contributed by atoms with Crippen molar-refractivity contribution >= 4 is 11.8 Å². The summed E-state index contributed by atoms with van der Waals surface area (Å²) in [6.45, 7) is 3.62. The monoisotopic (exact) mass is 304 g/mol. The number of hydrogen-bond acceptors (Lipinski definition) is 4. The Kier molecular flexibility index (Phi) is 6.36. The van der Waals surface area contributed by atoms with Gasteiger partial charge >= 0.3 is 0 Å².